The lowest BCUT2D eigenvalue weighted by molar-refractivity contribution is -0.128. The largest absolute Gasteiger partial charge is 0.338 e. The molecule has 6 heteroatoms. The van der Waals surface area contributed by atoms with Gasteiger partial charge in [-0.05, 0) is 30.7 Å². The van der Waals surface area contributed by atoms with Crippen LogP contribution in [0.5, 0.6) is 0 Å². The number of likely N-dealkylation sites (tertiary alicyclic amines) is 1. The van der Waals surface area contributed by atoms with Crippen LogP contribution in [0.25, 0.3) is 0 Å². The van der Waals surface area contributed by atoms with Crippen molar-refractivity contribution in [2.24, 2.45) is 5.92 Å². The highest BCUT2D eigenvalue weighted by Crippen LogP contribution is 2.24. The van der Waals surface area contributed by atoms with Crippen LogP contribution in [0.1, 0.15) is 17.5 Å². The maximum absolute atomic E-state index is 13.7. The first-order valence-corrected chi connectivity index (χ1v) is 8.39. The quantitative estimate of drug-likeness (QED) is 0.902. The molecule has 1 fully saturated rings. The minimum absolute atomic E-state index is 0.0296. The molecule has 1 heterocycles. The molecule has 3 rings (SSSR count). The minimum atomic E-state index is -0.557. The van der Waals surface area contributed by atoms with Gasteiger partial charge in [-0.25, -0.2) is 4.39 Å². The van der Waals surface area contributed by atoms with Crippen molar-refractivity contribution >= 4 is 29.1 Å². The van der Waals surface area contributed by atoms with Crippen LogP contribution < -0.4 is 5.32 Å². The van der Waals surface area contributed by atoms with E-state index in [0.29, 0.717) is 18.1 Å². The summed E-state index contributed by atoms with van der Waals surface area (Å²) in [5, 5.41) is 2.86. The number of nitrogens with zero attached hydrogens (tertiary/aromatic N) is 1. The van der Waals surface area contributed by atoms with E-state index in [1.165, 1.54) is 18.2 Å². The van der Waals surface area contributed by atoms with Crippen LogP contribution >= 0.6 is 11.6 Å². The number of halogens is 2. The summed E-state index contributed by atoms with van der Waals surface area (Å²) in [7, 11) is 0. The number of anilines is 1. The van der Waals surface area contributed by atoms with Gasteiger partial charge < -0.3 is 10.2 Å². The molecule has 0 bridgehead atoms. The summed E-state index contributed by atoms with van der Waals surface area (Å²) in [6, 6.07) is 11.9. The molecule has 2 amide bonds. The number of amides is 2. The zero-order valence-electron chi connectivity index (χ0n) is 13.8. The van der Waals surface area contributed by atoms with Gasteiger partial charge in [-0.1, -0.05) is 41.4 Å². The summed E-state index contributed by atoms with van der Waals surface area (Å²) in [6.07, 6.45) is 0.125. The van der Waals surface area contributed by atoms with E-state index in [4.69, 9.17) is 11.6 Å². The Labute approximate surface area is 150 Å². The fraction of sp³-hybridized carbons (Fsp3) is 0.263. The third kappa shape index (κ3) is 4.17. The zero-order chi connectivity index (χ0) is 18.0. The maximum Gasteiger partial charge on any atom is 0.229 e. The van der Waals surface area contributed by atoms with Crippen LogP contribution in [-0.4, -0.2) is 23.3 Å². The van der Waals surface area contributed by atoms with E-state index in [0.717, 1.165) is 11.1 Å². The molecule has 2 aromatic carbocycles. The second-order valence-corrected chi connectivity index (χ2v) is 6.71. The van der Waals surface area contributed by atoms with Gasteiger partial charge in [0.15, 0.2) is 0 Å². The standard InChI is InChI=1S/C19H18ClFN2O2/c1-12-2-4-13(5-3-12)10-23-11-14(8-18(23)24)19(25)22-17-9-15(20)6-7-16(17)21/h2-7,9,14H,8,10-11H2,1H3,(H,22,25). The number of carbonyl (C=O) groups excluding carboxylic acids is 2. The van der Waals surface area contributed by atoms with E-state index < -0.39 is 11.7 Å². The molecular weight excluding hydrogens is 343 g/mol. The summed E-state index contributed by atoms with van der Waals surface area (Å²) < 4.78 is 13.7. The van der Waals surface area contributed by atoms with Crippen molar-refractivity contribution in [3.8, 4) is 0 Å². The third-order valence-electron chi connectivity index (χ3n) is 4.27. The summed E-state index contributed by atoms with van der Waals surface area (Å²) in [5.41, 5.74) is 2.19. The summed E-state index contributed by atoms with van der Waals surface area (Å²) in [4.78, 5) is 26.2. The van der Waals surface area contributed by atoms with E-state index in [9.17, 15) is 14.0 Å². The van der Waals surface area contributed by atoms with Crippen LogP contribution in [0, 0.1) is 18.7 Å². The lowest BCUT2D eigenvalue weighted by Crippen LogP contribution is -2.28. The normalized spacial score (nSPS) is 17.0. The Balaban J connectivity index is 1.64. The molecule has 0 aliphatic carbocycles. The molecule has 0 radical (unpaired) electrons. The summed E-state index contributed by atoms with van der Waals surface area (Å²) in [6.45, 7) is 2.79. The van der Waals surface area contributed by atoms with Crippen molar-refractivity contribution in [1.82, 2.24) is 4.90 Å². The molecule has 2 aromatic rings. The van der Waals surface area contributed by atoms with E-state index >= 15 is 0 Å². The Morgan fingerprint density at radius 3 is 2.72 bits per heavy atom. The second-order valence-electron chi connectivity index (χ2n) is 6.27. The fourth-order valence-electron chi connectivity index (χ4n) is 2.84. The Bertz CT molecular complexity index is 808. The van der Waals surface area contributed by atoms with Crippen molar-refractivity contribution in [2.45, 2.75) is 19.9 Å². The van der Waals surface area contributed by atoms with Crippen molar-refractivity contribution in [3.63, 3.8) is 0 Å². The highest BCUT2D eigenvalue weighted by Gasteiger charge is 2.34. The van der Waals surface area contributed by atoms with Crippen LogP contribution in [0.3, 0.4) is 0 Å². The van der Waals surface area contributed by atoms with Crippen LogP contribution in [0.15, 0.2) is 42.5 Å². The predicted octanol–water partition coefficient (Wildman–Crippen LogP) is 3.77. The first-order valence-electron chi connectivity index (χ1n) is 8.01. The maximum atomic E-state index is 13.7. The number of hydrogen-bond acceptors (Lipinski definition) is 2. The molecular formula is C19H18ClFN2O2. The molecule has 1 N–H and O–H groups in total. The number of carbonyl (C=O) groups is 2. The van der Waals surface area contributed by atoms with Gasteiger partial charge >= 0.3 is 0 Å². The van der Waals surface area contributed by atoms with E-state index in [2.05, 4.69) is 5.32 Å². The lowest BCUT2D eigenvalue weighted by atomic mass is 10.1. The Hall–Kier alpha value is -2.40. The van der Waals surface area contributed by atoms with Gasteiger partial charge in [-0.15, -0.1) is 0 Å². The molecule has 130 valence electrons. The second kappa shape index (κ2) is 7.23. The number of aryl methyl sites for hydroxylation is 1. The average Bonchev–Trinajstić information content (AvgIpc) is 2.94. The summed E-state index contributed by atoms with van der Waals surface area (Å²) >= 11 is 5.83. The first kappa shape index (κ1) is 17.4. The van der Waals surface area contributed by atoms with E-state index in [-0.39, 0.29) is 23.9 Å². The number of nitrogens with one attached hydrogen (secondary N) is 1. The van der Waals surface area contributed by atoms with Gasteiger partial charge in [0.1, 0.15) is 5.82 Å². The highest BCUT2D eigenvalue weighted by molar-refractivity contribution is 6.30. The van der Waals surface area contributed by atoms with Gasteiger partial charge in [0.2, 0.25) is 11.8 Å². The smallest absolute Gasteiger partial charge is 0.229 e. The fourth-order valence-corrected chi connectivity index (χ4v) is 3.01. The van der Waals surface area contributed by atoms with Gasteiger partial charge in [-0.2, -0.15) is 0 Å². The molecule has 0 saturated carbocycles. The number of rotatable bonds is 4. The molecule has 4 nitrogen and oxygen atoms in total. The Morgan fingerprint density at radius 1 is 1.28 bits per heavy atom. The van der Waals surface area contributed by atoms with Crippen molar-refractivity contribution in [1.29, 1.82) is 0 Å². The summed E-state index contributed by atoms with van der Waals surface area (Å²) in [5.74, 6) is -1.51. The third-order valence-corrected chi connectivity index (χ3v) is 4.50. The van der Waals surface area contributed by atoms with Crippen LogP contribution in [0.4, 0.5) is 10.1 Å². The Kier molecular flexibility index (Phi) is 5.04. The average molecular weight is 361 g/mol. The van der Waals surface area contributed by atoms with Gasteiger partial charge in [0.05, 0.1) is 11.6 Å². The molecule has 0 aromatic heterocycles. The number of hydrogen-bond donors (Lipinski definition) is 1. The van der Waals surface area contributed by atoms with Crippen LogP contribution in [0.2, 0.25) is 5.02 Å². The van der Waals surface area contributed by atoms with Crippen LogP contribution in [-0.2, 0) is 16.1 Å². The monoisotopic (exact) mass is 360 g/mol. The molecule has 1 atom stereocenters. The molecule has 25 heavy (non-hydrogen) atoms. The minimum Gasteiger partial charge on any atom is -0.338 e. The highest BCUT2D eigenvalue weighted by atomic mass is 35.5. The van der Waals surface area contributed by atoms with E-state index in [1.54, 1.807) is 4.90 Å². The van der Waals surface area contributed by atoms with E-state index in [1.807, 2.05) is 31.2 Å². The van der Waals surface area contributed by atoms with Crippen molar-refractivity contribution in [2.75, 3.05) is 11.9 Å². The van der Waals surface area contributed by atoms with Gasteiger partial charge in [0, 0.05) is 24.5 Å². The molecule has 0 spiro atoms. The van der Waals surface area contributed by atoms with Gasteiger partial charge in [0.25, 0.3) is 0 Å². The molecule has 1 aliphatic heterocycles. The van der Waals surface area contributed by atoms with Crippen molar-refractivity contribution < 1.29 is 14.0 Å². The first-order chi connectivity index (χ1) is 11.9. The molecule has 1 saturated heterocycles. The lowest BCUT2D eigenvalue weighted by Gasteiger charge is -2.17. The zero-order valence-corrected chi connectivity index (χ0v) is 14.5. The number of benzene rings is 2. The predicted molar refractivity (Wildman–Crippen MR) is 94.7 cm³/mol. The molecule has 1 unspecified atom stereocenters. The van der Waals surface area contributed by atoms with Gasteiger partial charge in [-0.3, -0.25) is 9.59 Å². The molecule has 1 aliphatic rings. The topological polar surface area (TPSA) is 49.4 Å². The van der Waals surface area contributed by atoms with Crippen molar-refractivity contribution in [3.05, 3.63) is 64.4 Å². The Morgan fingerprint density at radius 2 is 2.00 bits per heavy atom. The SMILES string of the molecule is Cc1ccc(CN2CC(C(=O)Nc3cc(Cl)ccc3F)CC2=O)cc1.